The molecule has 0 aliphatic carbocycles. The summed E-state index contributed by atoms with van der Waals surface area (Å²) in [6.07, 6.45) is 2.13. The predicted molar refractivity (Wildman–Crippen MR) is 44.4 cm³/mol. The average Bonchev–Trinajstić information content (AvgIpc) is 2.57. The van der Waals surface area contributed by atoms with Crippen LogP contribution < -0.4 is 0 Å². The largest absolute Gasteiger partial charge is 0.395 e. The molecule has 1 fully saturated rings. The number of ether oxygens (including phenoxy) is 2. The maximum Gasteiger partial charge on any atom is 0.158 e. The van der Waals surface area contributed by atoms with E-state index < -0.39 is 0 Å². The zero-order chi connectivity index (χ0) is 8.65. The van der Waals surface area contributed by atoms with Gasteiger partial charge in [0.05, 0.1) is 19.8 Å². The van der Waals surface area contributed by atoms with Gasteiger partial charge in [0.25, 0.3) is 0 Å². The molecule has 12 heavy (non-hydrogen) atoms. The van der Waals surface area contributed by atoms with Gasteiger partial charge in [-0.2, -0.15) is 0 Å². The molecule has 0 atom stereocenters. The van der Waals surface area contributed by atoms with Crippen LogP contribution in [0.1, 0.15) is 19.3 Å². The van der Waals surface area contributed by atoms with Crippen LogP contribution in [0.5, 0.6) is 0 Å². The van der Waals surface area contributed by atoms with Gasteiger partial charge in [0.15, 0.2) is 6.29 Å². The molecule has 0 spiro atoms. The first-order chi connectivity index (χ1) is 5.93. The van der Waals surface area contributed by atoms with Gasteiger partial charge in [0.2, 0.25) is 0 Å². The monoisotopic (exact) mass is 170 g/mol. The normalized spacial score (nSPS) is 17.4. The number of aliphatic hydroxyl groups excluding tert-OH is 1. The van der Waals surface area contributed by atoms with Crippen LogP contribution in [0.15, 0.2) is 0 Å². The van der Waals surface area contributed by atoms with Gasteiger partial charge < -0.3 is 14.6 Å². The number of aliphatic hydroxyl groups is 1. The molecule has 0 unspecified atom stereocenters. The number of hydrogen-bond donors (Lipinski definition) is 1. The molecule has 0 aromatic rings. The van der Waals surface area contributed by atoms with E-state index in [9.17, 15) is 0 Å². The van der Waals surface area contributed by atoms with Gasteiger partial charge in [-0.15, -0.1) is 11.8 Å². The Kier molecular flexibility index (Phi) is 4.77. The Labute approximate surface area is 72.7 Å². The maximum absolute atomic E-state index is 8.43. The summed E-state index contributed by atoms with van der Waals surface area (Å²) in [4.78, 5) is 0. The molecule has 0 aromatic carbocycles. The van der Waals surface area contributed by atoms with Crippen molar-refractivity contribution in [2.24, 2.45) is 0 Å². The molecule has 1 N–H and O–H groups in total. The molecule has 1 rings (SSSR count). The third-order valence-corrected chi connectivity index (χ3v) is 1.56. The first-order valence-corrected chi connectivity index (χ1v) is 4.23. The highest BCUT2D eigenvalue weighted by Gasteiger charge is 2.13. The third-order valence-electron chi connectivity index (χ3n) is 1.56. The van der Waals surface area contributed by atoms with Crippen molar-refractivity contribution in [1.82, 2.24) is 0 Å². The van der Waals surface area contributed by atoms with Gasteiger partial charge in [0, 0.05) is 19.3 Å². The van der Waals surface area contributed by atoms with Crippen LogP contribution >= 0.6 is 0 Å². The van der Waals surface area contributed by atoms with E-state index in [1.807, 2.05) is 0 Å². The van der Waals surface area contributed by atoms with Crippen LogP contribution in [0.3, 0.4) is 0 Å². The summed E-state index contributed by atoms with van der Waals surface area (Å²) in [6.45, 7) is 1.55. The summed E-state index contributed by atoms with van der Waals surface area (Å²) < 4.78 is 10.4. The molecule has 3 heteroatoms. The van der Waals surface area contributed by atoms with E-state index in [2.05, 4.69) is 11.8 Å². The van der Waals surface area contributed by atoms with Crippen LogP contribution in [0, 0.1) is 11.8 Å². The van der Waals surface area contributed by atoms with E-state index in [0.29, 0.717) is 19.6 Å². The molecular weight excluding hydrogens is 156 g/mol. The second kappa shape index (κ2) is 6.01. The Morgan fingerprint density at radius 2 is 1.83 bits per heavy atom. The predicted octanol–water partition coefficient (Wildman–Crippen LogP) is 0.525. The van der Waals surface area contributed by atoms with E-state index in [-0.39, 0.29) is 12.9 Å². The van der Waals surface area contributed by atoms with Crippen molar-refractivity contribution in [1.29, 1.82) is 0 Å². The van der Waals surface area contributed by atoms with E-state index in [1.54, 1.807) is 0 Å². The Balaban J connectivity index is 1.98. The van der Waals surface area contributed by atoms with Crippen molar-refractivity contribution in [3.8, 4) is 11.8 Å². The fourth-order valence-electron chi connectivity index (χ4n) is 0.997. The fourth-order valence-corrected chi connectivity index (χ4v) is 0.997. The lowest BCUT2D eigenvalue weighted by Crippen LogP contribution is -2.05. The van der Waals surface area contributed by atoms with E-state index >= 15 is 0 Å². The van der Waals surface area contributed by atoms with Crippen LogP contribution in [0.25, 0.3) is 0 Å². The standard InChI is InChI=1S/C9H14O3/c10-6-4-2-1-3-5-9-11-7-8-12-9/h9-10H,3-8H2. The third kappa shape index (κ3) is 3.72. The second-order valence-corrected chi connectivity index (χ2v) is 2.54. The summed E-state index contributed by atoms with van der Waals surface area (Å²) in [6, 6.07) is 0. The van der Waals surface area contributed by atoms with Crippen LogP contribution in [-0.2, 0) is 9.47 Å². The van der Waals surface area contributed by atoms with Gasteiger partial charge in [-0.1, -0.05) is 0 Å². The lowest BCUT2D eigenvalue weighted by atomic mass is 10.3. The minimum atomic E-state index is -0.0478. The molecule has 68 valence electrons. The van der Waals surface area contributed by atoms with Crippen molar-refractivity contribution in [2.75, 3.05) is 19.8 Å². The molecular formula is C9H14O3. The highest BCUT2D eigenvalue weighted by atomic mass is 16.7. The summed E-state index contributed by atoms with van der Waals surface area (Å²) in [5.41, 5.74) is 0. The number of hydrogen-bond acceptors (Lipinski definition) is 3. The van der Waals surface area contributed by atoms with E-state index in [1.165, 1.54) is 0 Å². The molecule has 0 bridgehead atoms. The Morgan fingerprint density at radius 3 is 2.50 bits per heavy atom. The molecule has 3 nitrogen and oxygen atoms in total. The highest BCUT2D eigenvalue weighted by Crippen LogP contribution is 2.08. The summed E-state index contributed by atoms with van der Waals surface area (Å²) in [5.74, 6) is 5.79. The van der Waals surface area contributed by atoms with Gasteiger partial charge in [-0.05, 0) is 0 Å². The first kappa shape index (κ1) is 9.53. The smallest absolute Gasteiger partial charge is 0.158 e. The summed E-state index contributed by atoms with van der Waals surface area (Å²) in [7, 11) is 0. The van der Waals surface area contributed by atoms with Crippen molar-refractivity contribution < 1.29 is 14.6 Å². The van der Waals surface area contributed by atoms with Gasteiger partial charge in [-0.25, -0.2) is 0 Å². The minimum absolute atomic E-state index is 0.0478. The molecule has 0 saturated carbocycles. The molecule has 1 aliphatic heterocycles. The Hall–Kier alpha value is -0.560. The van der Waals surface area contributed by atoms with Crippen LogP contribution in [0.2, 0.25) is 0 Å². The SMILES string of the molecule is OCCC#CCCC1OCCO1. The maximum atomic E-state index is 8.43. The average molecular weight is 170 g/mol. The quantitative estimate of drug-likeness (QED) is 0.628. The Morgan fingerprint density at radius 1 is 1.17 bits per heavy atom. The highest BCUT2D eigenvalue weighted by molar-refractivity contribution is 4.98. The minimum Gasteiger partial charge on any atom is -0.395 e. The van der Waals surface area contributed by atoms with Gasteiger partial charge in [0.1, 0.15) is 0 Å². The summed E-state index contributed by atoms with van der Waals surface area (Å²) in [5, 5.41) is 8.43. The van der Waals surface area contributed by atoms with Crippen molar-refractivity contribution >= 4 is 0 Å². The van der Waals surface area contributed by atoms with Gasteiger partial charge in [-0.3, -0.25) is 0 Å². The van der Waals surface area contributed by atoms with E-state index in [4.69, 9.17) is 14.6 Å². The molecule has 0 aromatic heterocycles. The zero-order valence-corrected chi connectivity index (χ0v) is 7.08. The molecule has 0 radical (unpaired) electrons. The van der Waals surface area contributed by atoms with Crippen LogP contribution in [0.4, 0.5) is 0 Å². The first-order valence-electron chi connectivity index (χ1n) is 4.23. The van der Waals surface area contributed by atoms with Crippen molar-refractivity contribution in [3.63, 3.8) is 0 Å². The van der Waals surface area contributed by atoms with Crippen LogP contribution in [-0.4, -0.2) is 31.2 Å². The van der Waals surface area contributed by atoms with Crippen molar-refractivity contribution in [3.05, 3.63) is 0 Å². The molecule has 1 saturated heterocycles. The second-order valence-electron chi connectivity index (χ2n) is 2.54. The fraction of sp³-hybridized carbons (Fsp3) is 0.778. The molecule has 1 heterocycles. The molecule has 0 amide bonds. The van der Waals surface area contributed by atoms with Crippen molar-refractivity contribution in [2.45, 2.75) is 25.6 Å². The lowest BCUT2D eigenvalue weighted by Gasteiger charge is -2.04. The molecule has 1 aliphatic rings. The number of rotatable bonds is 3. The van der Waals surface area contributed by atoms with Gasteiger partial charge >= 0.3 is 0 Å². The lowest BCUT2D eigenvalue weighted by molar-refractivity contribution is -0.0454. The zero-order valence-electron chi connectivity index (χ0n) is 7.08. The van der Waals surface area contributed by atoms with E-state index in [0.717, 1.165) is 12.8 Å². The Bertz CT molecular complexity index is 162. The summed E-state index contributed by atoms with van der Waals surface area (Å²) >= 11 is 0. The topological polar surface area (TPSA) is 38.7 Å².